The van der Waals surface area contributed by atoms with Gasteiger partial charge < -0.3 is 11.1 Å². The van der Waals surface area contributed by atoms with Crippen LogP contribution in [0.25, 0.3) is 0 Å². The fourth-order valence-corrected chi connectivity index (χ4v) is 1.93. The largest absolute Gasteiger partial charge is 0.397 e. The topological polar surface area (TPSA) is 38.0 Å². The number of rotatable bonds is 5. The first kappa shape index (κ1) is 10.3. The van der Waals surface area contributed by atoms with Crippen LogP contribution in [0.3, 0.4) is 0 Å². The molecule has 1 aliphatic rings. The average molecular weight is 204 g/mol. The Bertz CT molecular complexity index is 318. The van der Waals surface area contributed by atoms with E-state index >= 15 is 0 Å². The van der Waals surface area contributed by atoms with E-state index in [0.29, 0.717) is 6.04 Å². The molecule has 15 heavy (non-hydrogen) atoms. The van der Waals surface area contributed by atoms with Gasteiger partial charge in [-0.3, -0.25) is 0 Å². The van der Waals surface area contributed by atoms with Crippen LogP contribution in [-0.4, -0.2) is 6.04 Å². The predicted octanol–water partition coefficient (Wildman–Crippen LogP) is 3.26. The molecule has 82 valence electrons. The number of hydrogen-bond donors (Lipinski definition) is 2. The number of benzene rings is 1. The summed E-state index contributed by atoms with van der Waals surface area (Å²) >= 11 is 0. The highest BCUT2D eigenvalue weighted by atomic mass is 14.9. The molecule has 0 heterocycles. The summed E-state index contributed by atoms with van der Waals surface area (Å²) in [5.74, 6) is 0.965. The van der Waals surface area contributed by atoms with E-state index in [2.05, 4.69) is 18.3 Å². The summed E-state index contributed by atoms with van der Waals surface area (Å²) < 4.78 is 0. The van der Waals surface area contributed by atoms with Crippen LogP contribution in [0.2, 0.25) is 0 Å². The van der Waals surface area contributed by atoms with E-state index in [1.807, 2.05) is 18.2 Å². The molecule has 2 nitrogen and oxygen atoms in total. The van der Waals surface area contributed by atoms with Crippen molar-refractivity contribution >= 4 is 11.4 Å². The smallest absolute Gasteiger partial charge is 0.0576 e. The summed E-state index contributed by atoms with van der Waals surface area (Å²) in [7, 11) is 0. The maximum absolute atomic E-state index is 5.91. The van der Waals surface area contributed by atoms with Crippen LogP contribution >= 0.6 is 0 Å². The molecule has 1 aromatic rings. The van der Waals surface area contributed by atoms with Gasteiger partial charge in [0, 0.05) is 6.04 Å². The van der Waals surface area contributed by atoms with E-state index in [1.54, 1.807) is 0 Å². The van der Waals surface area contributed by atoms with Gasteiger partial charge in [0.1, 0.15) is 0 Å². The Morgan fingerprint density at radius 3 is 2.73 bits per heavy atom. The van der Waals surface area contributed by atoms with Gasteiger partial charge in [0.25, 0.3) is 0 Å². The summed E-state index contributed by atoms with van der Waals surface area (Å²) in [6.45, 7) is 2.24. The van der Waals surface area contributed by atoms with Crippen molar-refractivity contribution in [1.29, 1.82) is 0 Å². The van der Waals surface area contributed by atoms with Crippen molar-refractivity contribution in [2.75, 3.05) is 11.1 Å². The molecule has 1 atom stereocenters. The molecule has 0 bridgehead atoms. The first-order valence-corrected chi connectivity index (χ1v) is 5.90. The van der Waals surface area contributed by atoms with Crippen molar-refractivity contribution < 1.29 is 0 Å². The Morgan fingerprint density at radius 2 is 2.13 bits per heavy atom. The maximum Gasteiger partial charge on any atom is 0.0576 e. The summed E-state index contributed by atoms with van der Waals surface area (Å²) in [5, 5.41) is 3.54. The Morgan fingerprint density at radius 1 is 1.40 bits per heavy atom. The quantitative estimate of drug-likeness (QED) is 0.722. The zero-order valence-corrected chi connectivity index (χ0v) is 9.37. The Balaban J connectivity index is 1.95. The second-order valence-electron chi connectivity index (χ2n) is 4.52. The number of nitrogens with one attached hydrogen (secondary N) is 1. The van der Waals surface area contributed by atoms with E-state index < -0.39 is 0 Å². The third kappa shape index (κ3) is 2.88. The van der Waals surface area contributed by atoms with Crippen molar-refractivity contribution in [3.8, 4) is 0 Å². The molecule has 0 saturated heterocycles. The molecule has 2 rings (SSSR count). The highest BCUT2D eigenvalue weighted by Gasteiger charge is 2.24. The Kier molecular flexibility index (Phi) is 3.14. The molecule has 0 amide bonds. The van der Waals surface area contributed by atoms with Crippen LogP contribution in [0.1, 0.15) is 32.6 Å². The van der Waals surface area contributed by atoms with Crippen LogP contribution in [0.15, 0.2) is 24.3 Å². The second-order valence-corrected chi connectivity index (χ2v) is 4.52. The zero-order chi connectivity index (χ0) is 10.7. The monoisotopic (exact) mass is 204 g/mol. The molecule has 2 heteroatoms. The van der Waals surface area contributed by atoms with Gasteiger partial charge >= 0.3 is 0 Å². The van der Waals surface area contributed by atoms with E-state index in [9.17, 15) is 0 Å². The van der Waals surface area contributed by atoms with Crippen LogP contribution in [-0.2, 0) is 0 Å². The SMILES string of the molecule is CCC(CC1CC1)Nc1ccccc1N. The summed E-state index contributed by atoms with van der Waals surface area (Å²) in [6, 6.07) is 8.60. The summed E-state index contributed by atoms with van der Waals surface area (Å²) in [5.41, 5.74) is 7.85. The van der Waals surface area contributed by atoms with Crippen molar-refractivity contribution in [2.45, 2.75) is 38.6 Å². The first-order valence-electron chi connectivity index (χ1n) is 5.90. The zero-order valence-electron chi connectivity index (χ0n) is 9.37. The van der Waals surface area contributed by atoms with Gasteiger partial charge in [-0.25, -0.2) is 0 Å². The highest BCUT2D eigenvalue weighted by Crippen LogP contribution is 2.35. The molecule has 1 unspecified atom stereocenters. The van der Waals surface area contributed by atoms with Gasteiger partial charge in [-0.15, -0.1) is 0 Å². The average Bonchev–Trinajstić information content (AvgIpc) is 3.04. The van der Waals surface area contributed by atoms with Gasteiger partial charge in [-0.05, 0) is 30.9 Å². The molecule has 1 fully saturated rings. The molecule has 1 aromatic carbocycles. The minimum Gasteiger partial charge on any atom is -0.397 e. The highest BCUT2D eigenvalue weighted by molar-refractivity contribution is 5.65. The molecule has 0 radical (unpaired) electrons. The lowest BCUT2D eigenvalue weighted by Crippen LogP contribution is -2.19. The van der Waals surface area contributed by atoms with E-state index in [4.69, 9.17) is 5.73 Å². The van der Waals surface area contributed by atoms with Crippen molar-refractivity contribution in [2.24, 2.45) is 5.92 Å². The summed E-state index contributed by atoms with van der Waals surface area (Å²) in [4.78, 5) is 0. The van der Waals surface area contributed by atoms with Crippen LogP contribution in [0.5, 0.6) is 0 Å². The standard InChI is InChI=1S/C13H20N2/c1-2-11(9-10-7-8-10)15-13-6-4-3-5-12(13)14/h3-6,10-11,15H,2,7-9,14H2,1H3. The molecule has 1 saturated carbocycles. The number of nitrogens with two attached hydrogens (primary N) is 1. The fourth-order valence-electron chi connectivity index (χ4n) is 1.93. The van der Waals surface area contributed by atoms with Gasteiger partial charge in [-0.2, -0.15) is 0 Å². The lowest BCUT2D eigenvalue weighted by molar-refractivity contribution is 0.587. The molecular formula is C13H20N2. The molecule has 0 aromatic heterocycles. The fraction of sp³-hybridized carbons (Fsp3) is 0.538. The summed E-state index contributed by atoms with van der Waals surface area (Å²) in [6.07, 6.45) is 5.31. The Labute approximate surface area is 91.9 Å². The van der Waals surface area contributed by atoms with Gasteiger partial charge in [-0.1, -0.05) is 31.9 Å². The van der Waals surface area contributed by atoms with Crippen molar-refractivity contribution in [3.63, 3.8) is 0 Å². The van der Waals surface area contributed by atoms with Crippen molar-refractivity contribution in [3.05, 3.63) is 24.3 Å². The van der Waals surface area contributed by atoms with Crippen molar-refractivity contribution in [1.82, 2.24) is 0 Å². The number of nitrogen functional groups attached to an aromatic ring is 1. The number of anilines is 2. The van der Waals surface area contributed by atoms with Crippen LogP contribution < -0.4 is 11.1 Å². The van der Waals surface area contributed by atoms with Gasteiger partial charge in [0.05, 0.1) is 11.4 Å². The molecule has 3 N–H and O–H groups in total. The molecular weight excluding hydrogens is 184 g/mol. The van der Waals surface area contributed by atoms with Crippen LogP contribution in [0, 0.1) is 5.92 Å². The Hall–Kier alpha value is -1.18. The minimum absolute atomic E-state index is 0.585. The minimum atomic E-state index is 0.585. The van der Waals surface area contributed by atoms with E-state index in [-0.39, 0.29) is 0 Å². The number of hydrogen-bond acceptors (Lipinski definition) is 2. The lowest BCUT2D eigenvalue weighted by Gasteiger charge is -2.19. The van der Waals surface area contributed by atoms with Gasteiger partial charge in [0.2, 0.25) is 0 Å². The third-order valence-electron chi connectivity index (χ3n) is 3.13. The molecule has 0 aliphatic heterocycles. The third-order valence-corrected chi connectivity index (χ3v) is 3.13. The number of para-hydroxylation sites is 2. The van der Waals surface area contributed by atoms with E-state index in [1.165, 1.54) is 25.7 Å². The maximum atomic E-state index is 5.91. The van der Waals surface area contributed by atoms with Gasteiger partial charge in [0.15, 0.2) is 0 Å². The normalized spacial score (nSPS) is 17.4. The lowest BCUT2D eigenvalue weighted by atomic mass is 10.1. The predicted molar refractivity (Wildman–Crippen MR) is 65.9 cm³/mol. The second kappa shape index (κ2) is 4.56. The van der Waals surface area contributed by atoms with Crippen LogP contribution in [0.4, 0.5) is 11.4 Å². The molecule has 1 aliphatic carbocycles. The molecule has 0 spiro atoms. The first-order chi connectivity index (χ1) is 7.29. The van der Waals surface area contributed by atoms with E-state index in [0.717, 1.165) is 17.3 Å².